The van der Waals surface area contributed by atoms with Gasteiger partial charge in [0.1, 0.15) is 11.5 Å². The normalized spacial score (nSPS) is 10.7. The molecule has 0 spiro atoms. The van der Waals surface area contributed by atoms with E-state index in [1.165, 1.54) is 32.4 Å². The molecule has 0 saturated carbocycles. The lowest BCUT2D eigenvalue weighted by Gasteiger charge is -2.14. The Kier molecular flexibility index (Phi) is 8.15. The molecular formula is C25H24O8S. The van der Waals surface area contributed by atoms with Crippen LogP contribution in [0.5, 0.6) is 28.7 Å². The average Bonchev–Trinajstić information content (AvgIpc) is 3.39. The highest BCUT2D eigenvalue weighted by Gasteiger charge is 2.18. The number of thiophene rings is 1. The third kappa shape index (κ3) is 5.49. The molecule has 0 aliphatic carbocycles. The number of carboxylic acid groups (broad SMARTS) is 1. The van der Waals surface area contributed by atoms with Crippen LogP contribution in [0, 0.1) is 0 Å². The Hall–Kier alpha value is -3.98. The highest BCUT2D eigenvalue weighted by atomic mass is 32.1. The van der Waals surface area contributed by atoms with Gasteiger partial charge in [0.2, 0.25) is 5.75 Å². The lowest BCUT2D eigenvalue weighted by Crippen LogP contribution is -2.11. The molecule has 0 aliphatic heterocycles. The van der Waals surface area contributed by atoms with Gasteiger partial charge in [-0.05, 0) is 41.8 Å². The Morgan fingerprint density at radius 2 is 1.56 bits per heavy atom. The van der Waals surface area contributed by atoms with Crippen LogP contribution in [0.3, 0.4) is 0 Å². The Morgan fingerprint density at radius 1 is 0.912 bits per heavy atom. The molecule has 0 atom stereocenters. The van der Waals surface area contributed by atoms with Crippen molar-refractivity contribution in [3.05, 3.63) is 59.0 Å². The molecule has 34 heavy (non-hydrogen) atoms. The summed E-state index contributed by atoms with van der Waals surface area (Å²) in [5.41, 5.74) is 1.85. The minimum atomic E-state index is -1.15. The summed E-state index contributed by atoms with van der Waals surface area (Å²) in [5, 5.41) is 10.9. The topological polar surface area (TPSA) is 101 Å². The van der Waals surface area contributed by atoms with Gasteiger partial charge >= 0.3 is 5.97 Å². The first-order chi connectivity index (χ1) is 16.4. The Labute approximate surface area is 200 Å². The van der Waals surface area contributed by atoms with Crippen LogP contribution in [0.4, 0.5) is 0 Å². The van der Waals surface area contributed by atoms with Gasteiger partial charge in [-0.25, -0.2) is 4.79 Å². The predicted octanol–water partition coefficient (Wildman–Crippen LogP) is 4.81. The summed E-state index contributed by atoms with van der Waals surface area (Å²) in [6.45, 7) is -0.580. The van der Waals surface area contributed by atoms with Crippen LogP contribution < -0.4 is 23.7 Å². The van der Waals surface area contributed by atoms with Gasteiger partial charge < -0.3 is 28.8 Å². The molecule has 1 N–H and O–H groups in total. The van der Waals surface area contributed by atoms with Crippen LogP contribution in [0.1, 0.15) is 15.9 Å². The van der Waals surface area contributed by atoms with E-state index in [0.717, 1.165) is 10.4 Å². The lowest BCUT2D eigenvalue weighted by atomic mass is 10.0. The fraction of sp³-hybridized carbons (Fsp3) is 0.200. The summed E-state index contributed by atoms with van der Waals surface area (Å²) in [7, 11) is 5.92. The number of carbonyl (C=O) groups excluding carboxylic acids is 1. The largest absolute Gasteiger partial charge is 0.496 e. The number of hydrogen-bond acceptors (Lipinski definition) is 8. The van der Waals surface area contributed by atoms with Gasteiger partial charge in [-0.1, -0.05) is 6.07 Å². The van der Waals surface area contributed by atoms with E-state index in [2.05, 4.69) is 0 Å². The molecule has 9 heteroatoms. The third-order valence-corrected chi connectivity index (χ3v) is 5.74. The van der Waals surface area contributed by atoms with Crippen LogP contribution >= 0.6 is 11.3 Å². The summed E-state index contributed by atoms with van der Waals surface area (Å²) in [4.78, 5) is 24.9. The van der Waals surface area contributed by atoms with E-state index in [1.54, 1.807) is 37.7 Å². The van der Waals surface area contributed by atoms with Crippen molar-refractivity contribution in [2.24, 2.45) is 0 Å². The van der Waals surface area contributed by atoms with Crippen LogP contribution in [0.25, 0.3) is 16.5 Å². The maximum absolute atomic E-state index is 13.0. The van der Waals surface area contributed by atoms with Crippen molar-refractivity contribution in [2.45, 2.75) is 0 Å². The standard InChI is InChI=1S/C25H24O8S/c1-29-19-13-20(30-2)17(23-6-5-9-34-23)10-15(19)7-8-18(26)16-11-21(31-3)25(22(12-16)32-4)33-14-24(27)28/h5-13H,14H2,1-4H3,(H,27,28). The molecule has 0 aliphatic rings. The van der Waals surface area contributed by atoms with Crippen LogP contribution in [0.15, 0.2) is 47.9 Å². The molecule has 0 bridgehead atoms. The molecule has 0 fully saturated rings. The fourth-order valence-corrected chi connectivity index (χ4v) is 3.99. The smallest absolute Gasteiger partial charge is 0.341 e. The number of rotatable bonds is 11. The highest BCUT2D eigenvalue weighted by molar-refractivity contribution is 7.13. The van der Waals surface area contributed by atoms with Gasteiger partial charge in [0.25, 0.3) is 0 Å². The molecule has 1 aromatic heterocycles. The van der Waals surface area contributed by atoms with Crippen LogP contribution in [-0.2, 0) is 4.79 Å². The molecule has 2 aromatic carbocycles. The SMILES string of the molecule is COc1cc(OC)c(-c2cccs2)cc1C=CC(=O)c1cc(OC)c(OCC(=O)O)c(OC)c1. The number of aliphatic carboxylic acids is 1. The second-order valence-corrected chi connectivity index (χ2v) is 7.81. The molecule has 0 unspecified atom stereocenters. The van der Waals surface area contributed by atoms with E-state index in [4.69, 9.17) is 28.8 Å². The van der Waals surface area contributed by atoms with Crippen LogP contribution in [-0.4, -0.2) is 51.9 Å². The summed E-state index contributed by atoms with van der Waals surface area (Å²) >= 11 is 1.58. The molecule has 3 aromatic rings. The number of ketones is 1. The molecule has 1 heterocycles. The Morgan fingerprint density at radius 3 is 2.09 bits per heavy atom. The van der Waals surface area contributed by atoms with E-state index in [0.29, 0.717) is 17.1 Å². The maximum atomic E-state index is 13.0. The molecule has 8 nitrogen and oxygen atoms in total. The zero-order valence-electron chi connectivity index (χ0n) is 19.1. The third-order valence-electron chi connectivity index (χ3n) is 4.84. The van der Waals surface area contributed by atoms with Crippen molar-refractivity contribution < 1.29 is 38.4 Å². The molecule has 178 valence electrons. The van der Waals surface area contributed by atoms with Crippen molar-refractivity contribution in [1.82, 2.24) is 0 Å². The van der Waals surface area contributed by atoms with Gasteiger partial charge in [-0.2, -0.15) is 0 Å². The number of methoxy groups -OCH3 is 4. The van der Waals surface area contributed by atoms with Gasteiger partial charge in [0.05, 0.1) is 28.4 Å². The number of ether oxygens (including phenoxy) is 5. The van der Waals surface area contributed by atoms with Gasteiger partial charge in [-0.3, -0.25) is 4.79 Å². The number of allylic oxidation sites excluding steroid dienone is 1. The zero-order valence-corrected chi connectivity index (χ0v) is 19.9. The highest BCUT2D eigenvalue weighted by Crippen LogP contribution is 2.40. The minimum Gasteiger partial charge on any atom is -0.496 e. The molecule has 0 amide bonds. The van der Waals surface area contributed by atoms with E-state index in [-0.39, 0.29) is 28.6 Å². The summed E-state index contributed by atoms with van der Waals surface area (Å²) < 4.78 is 26.8. The van der Waals surface area contributed by atoms with E-state index in [9.17, 15) is 9.59 Å². The first kappa shape index (κ1) is 24.7. The lowest BCUT2D eigenvalue weighted by molar-refractivity contribution is -0.139. The second kappa shape index (κ2) is 11.2. The minimum absolute atomic E-state index is 0.102. The Balaban J connectivity index is 1.96. The molecule has 3 rings (SSSR count). The average molecular weight is 485 g/mol. The van der Waals surface area contributed by atoms with Crippen molar-refractivity contribution >= 4 is 29.2 Å². The number of carboxylic acids is 1. The van der Waals surface area contributed by atoms with Gasteiger partial charge in [-0.15, -0.1) is 11.3 Å². The monoisotopic (exact) mass is 484 g/mol. The predicted molar refractivity (Wildman–Crippen MR) is 129 cm³/mol. The van der Waals surface area contributed by atoms with E-state index in [1.807, 2.05) is 23.6 Å². The fourth-order valence-electron chi connectivity index (χ4n) is 3.24. The van der Waals surface area contributed by atoms with Crippen molar-refractivity contribution in [3.63, 3.8) is 0 Å². The first-order valence-corrected chi connectivity index (χ1v) is 10.9. The number of benzene rings is 2. The van der Waals surface area contributed by atoms with Gasteiger partial charge in [0, 0.05) is 27.6 Å². The summed E-state index contributed by atoms with van der Waals surface area (Å²) in [6.07, 6.45) is 3.07. The Bertz CT molecular complexity index is 1170. The van der Waals surface area contributed by atoms with E-state index >= 15 is 0 Å². The number of carbonyl (C=O) groups is 2. The van der Waals surface area contributed by atoms with Gasteiger partial charge in [0.15, 0.2) is 23.9 Å². The maximum Gasteiger partial charge on any atom is 0.341 e. The summed E-state index contributed by atoms with van der Waals surface area (Å²) in [6, 6.07) is 10.5. The van der Waals surface area contributed by atoms with Crippen molar-refractivity contribution in [1.29, 1.82) is 0 Å². The quantitative estimate of drug-likeness (QED) is 0.306. The second-order valence-electron chi connectivity index (χ2n) is 6.86. The molecule has 0 saturated heterocycles. The first-order valence-electron chi connectivity index (χ1n) is 10.0. The zero-order chi connectivity index (χ0) is 24.7. The van der Waals surface area contributed by atoms with Crippen molar-refractivity contribution in [2.75, 3.05) is 35.0 Å². The molecular weight excluding hydrogens is 460 g/mol. The van der Waals surface area contributed by atoms with Crippen molar-refractivity contribution in [3.8, 4) is 39.2 Å². The molecule has 0 radical (unpaired) electrons. The summed E-state index contributed by atoms with van der Waals surface area (Å²) in [5.74, 6) is 0.200. The van der Waals surface area contributed by atoms with E-state index < -0.39 is 12.6 Å². The van der Waals surface area contributed by atoms with Crippen LogP contribution in [0.2, 0.25) is 0 Å². The number of hydrogen-bond donors (Lipinski definition) is 1.